The molecule has 0 aliphatic carbocycles. The predicted octanol–water partition coefficient (Wildman–Crippen LogP) is 3.86. The van der Waals surface area contributed by atoms with Crippen LogP contribution in [0, 0.1) is 0 Å². The fourth-order valence-corrected chi connectivity index (χ4v) is 2.95. The van der Waals surface area contributed by atoms with Crippen molar-refractivity contribution in [1.29, 1.82) is 0 Å². The summed E-state index contributed by atoms with van der Waals surface area (Å²) in [5.74, 6) is -0.221. The molecule has 2 aromatic carbocycles. The molecule has 6 nitrogen and oxygen atoms in total. The molecule has 138 valence electrons. The van der Waals surface area contributed by atoms with Crippen LogP contribution in [0.4, 0.5) is 11.4 Å². The fraction of sp³-hybridized carbons (Fsp3) is 0.190. The second-order valence-corrected chi connectivity index (χ2v) is 6.72. The Kier molecular flexibility index (Phi) is 5.07. The number of carbonyl (C=O) groups is 2. The molecule has 0 saturated heterocycles. The van der Waals surface area contributed by atoms with E-state index in [9.17, 15) is 14.4 Å². The molecular formula is C21H21N3O3. The second kappa shape index (κ2) is 7.45. The van der Waals surface area contributed by atoms with Gasteiger partial charge in [-0.1, -0.05) is 19.9 Å². The van der Waals surface area contributed by atoms with E-state index < -0.39 is 0 Å². The second-order valence-electron chi connectivity index (χ2n) is 6.72. The number of benzene rings is 2. The number of H-pyrrole nitrogens is 1. The van der Waals surface area contributed by atoms with Gasteiger partial charge in [0, 0.05) is 35.3 Å². The first kappa shape index (κ1) is 18.4. The Morgan fingerprint density at radius 3 is 2.22 bits per heavy atom. The Bertz CT molecular complexity index is 1070. The van der Waals surface area contributed by atoms with Gasteiger partial charge in [0.15, 0.2) is 0 Å². The summed E-state index contributed by atoms with van der Waals surface area (Å²) in [4.78, 5) is 38.2. The monoisotopic (exact) mass is 363 g/mol. The van der Waals surface area contributed by atoms with Gasteiger partial charge in [0.25, 0.3) is 5.91 Å². The van der Waals surface area contributed by atoms with Crippen LogP contribution in [0.5, 0.6) is 0 Å². The standard InChI is InChI=1S/C21H21N3O3/c1-12(2)18-11-20(26)24-19-10-16(8-9-17(18)19)23-21(27)14-4-6-15(7-5-14)22-13(3)25/h4-12H,1-3H3,(H,22,25)(H,23,27)(H,24,26). The normalized spacial score (nSPS) is 10.8. The first-order chi connectivity index (χ1) is 12.8. The van der Waals surface area contributed by atoms with Gasteiger partial charge in [0.05, 0.1) is 5.52 Å². The minimum absolute atomic E-state index is 0.164. The SMILES string of the molecule is CC(=O)Nc1ccc(C(=O)Nc2ccc3c(C(C)C)cc(=O)[nH]c3c2)cc1. The minimum atomic E-state index is -0.272. The molecule has 0 spiro atoms. The molecular weight excluding hydrogens is 342 g/mol. The summed E-state index contributed by atoms with van der Waals surface area (Å²) in [7, 11) is 0. The molecule has 3 rings (SSSR count). The van der Waals surface area contributed by atoms with Crippen molar-refractivity contribution in [3.8, 4) is 0 Å². The van der Waals surface area contributed by atoms with Crippen LogP contribution in [0.1, 0.15) is 42.6 Å². The van der Waals surface area contributed by atoms with Gasteiger partial charge in [-0.2, -0.15) is 0 Å². The van der Waals surface area contributed by atoms with Crippen LogP contribution in [0.2, 0.25) is 0 Å². The lowest BCUT2D eigenvalue weighted by Gasteiger charge is -2.11. The van der Waals surface area contributed by atoms with Crippen molar-refractivity contribution in [2.75, 3.05) is 10.6 Å². The van der Waals surface area contributed by atoms with E-state index in [1.54, 1.807) is 36.4 Å². The quantitative estimate of drug-likeness (QED) is 0.657. The van der Waals surface area contributed by atoms with Crippen LogP contribution >= 0.6 is 0 Å². The molecule has 3 N–H and O–H groups in total. The van der Waals surface area contributed by atoms with Crippen molar-refractivity contribution < 1.29 is 9.59 Å². The maximum absolute atomic E-state index is 12.5. The number of carbonyl (C=O) groups excluding carboxylic acids is 2. The van der Waals surface area contributed by atoms with Crippen LogP contribution < -0.4 is 16.2 Å². The van der Waals surface area contributed by atoms with E-state index in [1.165, 1.54) is 6.92 Å². The third kappa shape index (κ3) is 4.23. The molecule has 1 heterocycles. The van der Waals surface area contributed by atoms with Crippen LogP contribution in [0.15, 0.2) is 53.3 Å². The number of rotatable bonds is 4. The predicted molar refractivity (Wildman–Crippen MR) is 107 cm³/mol. The smallest absolute Gasteiger partial charge is 0.255 e. The zero-order chi connectivity index (χ0) is 19.6. The van der Waals surface area contributed by atoms with Gasteiger partial charge >= 0.3 is 0 Å². The van der Waals surface area contributed by atoms with E-state index >= 15 is 0 Å². The van der Waals surface area contributed by atoms with Crippen LogP contribution in [0.3, 0.4) is 0 Å². The van der Waals surface area contributed by atoms with E-state index in [-0.39, 0.29) is 23.3 Å². The lowest BCUT2D eigenvalue weighted by molar-refractivity contribution is -0.114. The Hall–Kier alpha value is -3.41. The van der Waals surface area contributed by atoms with E-state index in [0.717, 1.165) is 10.9 Å². The lowest BCUT2D eigenvalue weighted by Crippen LogP contribution is -2.13. The number of amides is 2. The highest BCUT2D eigenvalue weighted by atomic mass is 16.2. The van der Waals surface area contributed by atoms with E-state index in [0.29, 0.717) is 22.5 Å². The number of hydrogen-bond acceptors (Lipinski definition) is 3. The zero-order valence-electron chi connectivity index (χ0n) is 15.4. The van der Waals surface area contributed by atoms with Gasteiger partial charge in [-0.3, -0.25) is 14.4 Å². The largest absolute Gasteiger partial charge is 0.326 e. The number of pyridine rings is 1. The maximum atomic E-state index is 12.5. The number of fused-ring (bicyclic) bond motifs is 1. The Morgan fingerprint density at radius 1 is 0.926 bits per heavy atom. The Labute approximate surface area is 156 Å². The molecule has 0 radical (unpaired) electrons. The molecule has 6 heteroatoms. The highest BCUT2D eigenvalue weighted by molar-refractivity contribution is 6.05. The highest BCUT2D eigenvalue weighted by Gasteiger charge is 2.10. The lowest BCUT2D eigenvalue weighted by atomic mass is 9.99. The molecule has 3 aromatic rings. The molecule has 27 heavy (non-hydrogen) atoms. The third-order valence-electron chi connectivity index (χ3n) is 4.22. The molecule has 0 atom stereocenters. The Balaban J connectivity index is 1.85. The molecule has 0 fully saturated rings. The van der Waals surface area contributed by atoms with Gasteiger partial charge in [0.1, 0.15) is 0 Å². The molecule has 0 bridgehead atoms. The van der Waals surface area contributed by atoms with Crippen molar-refractivity contribution in [3.05, 3.63) is 70.0 Å². The molecule has 0 unspecified atom stereocenters. The molecule has 2 amide bonds. The third-order valence-corrected chi connectivity index (χ3v) is 4.22. The summed E-state index contributed by atoms with van der Waals surface area (Å²) in [5, 5.41) is 6.45. The first-order valence-electron chi connectivity index (χ1n) is 8.69. The highest BCUT2D eigenvalue weighted by Crippen LogP contribution is 2.25. The van der Waals surface area contributed by atoms with Crippen LogP contribution in [-0.2, 0) is 4.79 Å². The number of nitrogens with one attached hydrogen (secondary N) is 3. The zero-order valence-corrected chi connectivity index (χ0v) is 15.4. The molecule has 1 aromatic heterocycles. The average Bonchev–Trinajstić information content (AvgIpc) is 2.60. The number of anilines is 2. The van der Waals surface area contributed by atoms with Crippen molar-refractivity contribution in [1.82, 2.24) is 4.98 Å². The molecule has 0 aliphatic heterocycles. The van der Waals surface area contributed by atoms with Crippen molar-refractivity contribution in [3.63, 3.8) is 0 Å². The average molecular weight is 363 g/mol. The summed E-state index contributed by atoms with van der Waals surface area (Å²) < 4.78 is 0. The maximum Gasteiger partial charge on any atom is 0.255 e. The summed E-state index contributed by atoms with van der Waals surface area (Å²) in [6, 6.07) is 13.7. The summed E-state index contributed by atoms with van der Waals surface area (Å²) >= 11 is 0. The number of aromatic amines is 1. The van der Waals surface area contributed by atoms with Crippen molar-refractivity contribution in [2.24, 2.45) is 0 Å². The molecule has 0 saturated carbocycles. The van der Waals surface area contributed by atoms with Gasteiger partial charge in [-0.25, -0.2) is 0 Å². The van der Waals surface area contributed by atoms with Gasteiger partial charge in [0.2, 0.25) is 11.5 Å². The van der Waals surface area contributed by atoms with Crippen molar-refractivity contribution in [2.45, 2.75) is 26.7 Å². The molecule has 0 aliphatic rings. The summed E-state index contributed by atoms with van der Waals surface area (Å²) in [5.41, 5.74) is 3.18. The topological polar surface area (TPSA) is 91.1 Å². The van der Waals surface area contributed by atoms with Gasteiger partial charge < -0.3 is 15.6 Å². The summed E-state index contributed by atoms with van der Waals surface area (Å²) in [6.45, 7) is 5.50. The van der Waals surface area contributed by atoms with Gasteiger partial charge in [-0.05, 0) is 47.9 Å². The van der Waals surface area contributed by atoms with E-state index in [1.807, 2.05) is 26.0 Å². The van der Waals surface area contributed by atoms with Crippen LogP contribution in [-0.4, -0.2) is 16.8 Å². The summed E-state index contributed by atoms with van der Waals surface area (Å²) in [6.07, 6.45) is 0. The first-order valence-corrected chi connectivity index (χ1v) is 8.69. The van der Waals surface area contributed by atoms with E-state index in [2.05, 4.69) is 15.6 Å². The van der Waals surface area contributed by atoms with Crippen molar-refractivity contribution >= 4 is 34.1 Å². The fourth-order valence-electron chi connectivity index (χ4n) is 2.95. The number of aromatic nitrogens is 1. The van der Waals surface area contributed by atoms with E-state index in [4.69, 9.17) is 0 Å². The minimum Gasteiger partial charge on any atom is -0.326 e. The van der Waals surface area contributed by atoms with Crippen LogP contribution in [0.25, 0.3) is 10.9 Å². The number of hydrogen-bond donors (Lipinski definition) is 3. The Morgan fingerprint density at radius 2 is 1.59 bits per heavy atom. The van der Waals surface area contributed by atoms with Gasteiger partial charge in [-0.15, -0.1) is 0 Å².